The average Bonchev–Trinajstić information content (AvgIpc) is 2.27. The molecule has 1 fully saturated rings. The van der Waals surface area contributed by atoms with Crippen molar-refractivity contribution in [2.75, 3.05) is 5.73 Å². The first kappa shape index (κ1) is 13.4. The molecule has 1 aromatic rings. The number of carbonyl (C=O) groups excluding carboxylic acids is 1. The van der Waals surface area contributed by atoms with Gasteiger partial charge in [-0.05, 0) is 24.6 Å². The maximum atomic E-state index is 12.1. The van der Waals surface area contributed by atoms with Crippen LogP contribution < -0.4 is 11.1 Å². The van der Waals surface area contributed by atoms with Crippen LogP contribution in [0.5, 0.6) is 0 Å². The third-order valence-electron chi connectivity index (χ3n) is 3.70. The molecule has 1 aliphatic rings. The van der Waals surface area contributed by atoms with Crippen molar-refractivity contribution in [2.45, 2.75) is 32.4 Å². The molecule has 1 amide bonds. The number of hydrogen-bond donors (Lipinski definition) is 3. The highest BCUT2D eigenvalue weighted by Crippen LogP contribution is 2.40. The molecule has 0 aromatic heterocycles. The molecule has 18 heavy (non-hydrogen) atoms. The number of benzene rings is 1. The molecular formula is C13H17BrN2O2. The number of hydrogen-bond acceptors (Lipinski definition) is 3. The second-order valence-electron chi connectivity index (χ2n) is 5.37. The maximum absolute atomic E-state index is 12.1. The Balaban J connectivity index is 2.09. The maximum Gasteiger partial charge on any atom is 0.251 e. The summed E-state index contributed by atoms with van der Waals surface area (Å²) in [6.07, 6.45) is 0.248. The summed E-state index contributed by atoms with van der Waals surface area (Å²) in [6.45, 7) is 3.89. The molecule has 1 aromatic carbocycles. The van der Waals surface area contributed by atoms with Crippen molar-refractivity contribution < 1.29 is 9.90 Å². The lowest BCUT2D eigenvalue weighted by molar-refractivity contribution is -0.0689. The number of anilines is 1. The molecule has 98 valence electrons. The predicted octanol–water partition coefficient (Wildman–Crippen LogP) is 1.92. The van der Waals surface area contributed by atoms with E-state index in [0.717, 1.165) is 4.47 Å². The van der Waals surface area contributed by atoms with Crippen molar-refractivity contribution in [3.63, 3.8) is 0 Å². The zero-order valence-electron chi connectivity index (χ0n) is 10.4. The van der Waals surface area contributed by atoms with Gasteiger partial charge in [-0.15, -0.1) is 0 Å². The molecule has 2 atom stereocenters. The summed E-state index contributed by atoms with van der Waals surface area (Å²) >= 11 is 3.31. The summed E-state index contributed by atoms with van der Waals surface area (Å²) in [6, 6.07) is 5.12. The van der Waals surface area contributed by atoms with Crippen LogP contribution in [-0.4, -0.2) is 23.2 Å². The fourth-order valence-electron chi connectivity index (χ4n) is 2.13. The number of aliphatic hydroxyl groups excluding tert-OH is 1. The SMILES string of the molecule is CC1(C)C(O)CC1NC(=O)c1cc(N)cc(Br)c1. The Labute approximate surface area is 115 Å². The fourth-order valence-corrected chi connectivity index (χ4v) is 2.64. The van der Waals surface area contributed by atoms with Gasteiger partial charge >= 0.3 is 0 Å². The molecule has 0 spiro atoms. The lowest BCUT2D eigenvalue weighted by Crippen LogP contribution is -2.61. The van der Waals surface area contributed by atoms with Gasteiger partial charge in [-0.25, -0.2) is 0 Å². The number of nitrogens with two attached hydrogens (primary N) is 1. The summed E-state index contributed by atoms with van der Waals surface area (Å²) in [4.78, 5) is 12.1. The van der Waals surface area contributed by atoms with Crippen molar-refractivity contribution in [3.05, 3.63) is 28.2 Å². The van der Waals surface area contributed by atoms with E-state index in [4.69, 9.17) is 5.73 Å². The smallest absolute Gasteiger partial charge is 0.251 e. The molecule has 0 radical (unpaired) electrons. The molecule has 1 saturated carbocycles. The molecular weight excluding hydrogens is 296 g/mol. The number of nitrogen functional groups attached to an aromatic ring is 1. The molecule has 4 nitrogen and oxygen atoms in total. The van der Waals surface area contributed by atoms with Crippen molar-refractivity contribution in [2.24, 2.45) is 5.41 Å². The minimum atomic E-state index is -0.352. The van der Waals surface area contributed by atoms with Gasteiger partial charge in [-0.2, -0.15) is 0 Å². The van der Waals surface area contributed by atoms with Crippen LogP contribution in [0.2, 0.25) is 0 Å². The number of aliphatic hydroxyl groups is 1. The molecule has 4 N–H and O–H groups in total. The Morgan fingerprint density at radius 2 is 2.17 bits per heavy atom. The molecule has 0 aliphatic heterocycles. The monoisotopic (exact) mass is 312 g/mol. The molecule has 2 rings (SSSR count). The number of amides is 1. The highest BCUT2D eigenvalue weighted by molar-refractivity contribution is 9.10. The first-order chi connectivity index (χ1) is 8.30. The summed E-state index contributed by atoms with van der Waals surface area (Å²) in [7, 11) is 0. The van der Waals surface area contributed by atoms with Crippen LogP contribution in [0.25, 0.3) is 0 Å². The molecule has 1 aliphatic carbocycles. The van der Waals surface area contributed by atoms with E-state index in [1.54, 1.807) is 18.2 Å². The minimum absolute atomic E-state index is 0.000191. The van der Waals surface area contributed by atoms with Gasteiger partial charge in [-0.3, -0.25) is 4.79 Å². The molecule has 0 heterocycles. The van der Waals surface area contributed by atoms with E-state index in [1.165, 1.54) is 0 Å². The summed E-state index contributed by atoms with van der Waals surface area (Å²) in [5, 5.41) is 12.6. The van der Waals surface area contributed by atoms with Crippen LogP contribution in [0.15, 0.2) is 22.7 Å². The van der Waals surface area contributed by atoms with Gasteiger partial charge in [0.15, 0.2) is 0 Å². The predicted molar refractivity (Wildman–Crippen MR) is 74.2 cm³/mol. The Bertz CT molecular complexity index is 468. The number of carbonyl (C=O) groups is 1. The van der Waals surface area contributed by atoms with Crippen LogP contribution >= 0.6 is 15.9 Å². The van der Waals surface area contributed by atoms with E-state index in [0.29, 0.717) is 17.7 Å². The van der Waals surface area contributed by atoms with E-state index < -0.39 is 0 Å². The first-order valence-electron chi connectivity index (χ1n) is 5.85. The largest absolute Gasteiger partial charge is 0.399 e. The van der Waals surface area contributed by atoms with Crippen LogP contribution in [0, 0.1) is 5.41 Å². The highest BCUT2D eigenvalue weighted by atomic mass is 79.9. The first-order valence-corrected chi connectivity index (χ1v) is 6.65. The van der Waals surface area contributed by atoms with Crippen molar-refractivity contribution in [1.82, 2.24) is 5.32 Å². The number of nitrogens with one attached hydrogen (secondary N) is 1. The Morgan fingerprint density at radius 3 is 2.67 bits per heavy atom. The van der Waals surface area contributed by atoms with E-state index in [1.807, 2.05) is 13.8 Å². The van der Waals surface area contributed by atoms with Crippen LogP contribution in [0.4, 0.5) is 5.69 Å². The number of halogens is 1. The van der Waals surface area contributed by atoms with Crippen molar-refractivity contribution >= 4 is 27.5 Å². The Kier molecular flexibility index (Phi) is 3.38. The standard InChI is InChI=1S/C13H17BrN2O2/c1-13(2)10(6-11(13)17)16-12(18)7-3-8(14)5-9(15)4-7/h3-5,10-11,17H,6,15H2,1-2H3,(H,16,18). The summed E-state index contributed by atoms with van der Waals surface area (Å²) < 4.78 is 0.778. The molecule has 0 bridgehead atoms. The van der Waals surface area contributed by atoms with Gasteiger partial charge in [0.2, 0.25) is 0 Å². The highest BCUT2D eigenvalue weighted by Gasteiger charge is 2.47. The van der Waals surface area contributed by atoms with E-state index >= 15 is 0 Å². The zero-order valence-corrected chi connectivity index (χ0v) is 12.0. The normalized spacial score (nSPS) is 25.3. The lowest BCUT2D eigenvalue weighted by Gasteiger charge is -2.49. The molecule has 2 unspecified atom stereocenters. The van der Waals surface area contributed by atoms with Gasteiger partial charge in [-0.1, -0.05) is 29.8 Å². The number of rotatable bonds is 2. The van der Waals surface area contributed by atoms with Gasteiger partial charge < -0.3 is 16.2 Å². The Morgan fingerprint density at radius 1 is 1.50 bits per heavy atom. The van der Waals surface area contributed by atoms with E-state index in [-0.39, 0.29) is 23.5 Å². The molecule has 5 heteroatoms. The van der Waals surface area contributed by atoms with Crippen molar-refractivity contribution in [1.29, 1.82) is 0 Å². The van der Waals surface area contributed by atoms with Crippen LogP contribution in [0.3, 0.4) is 0 Å². The van der Waals surface area contributed by atoms with E-state index in [2.05, 4.69) is 21.2 Å². The third kappa shape index (κ3) is 2.37. The van der Waals surface area contributed by atoms with Gasteiger partial charge in [0.05, 0.1) is 6.10 Å². The second kappa shape index (κ2) is 4.55. The van der Waals surface area contributed by atoms with Crippen LogP contribution in [0.1, 0.15) is 30.6 Å². The minimum Gasteiger partial charge on any atom is -0.399 e. The van der Waals surface area contributed by atoms with Gasteiger partial charge in [0.1, 0.15) is 0 Å². The molecule has 0 saturated heterocycles. The quantitative estimate of drug-likeness (QED) is 0.730. The zero-order chi connectivity index (χ0) is 13.5. The average molecular weight is 313 g/mol. The summed E-state index contributed by atoms with van der Waals surface area (Å²) in [5.41, 5.74) is 6.50. The van der Waals surface area contributed by atoms with E-state index in [9.17, 15) is 9.90 Å². The van der Waals surface area contributed by atoms with Crippen molar-refractivity contribution in [3.8, 4) is 0 Å². The Hall–Kier alpha value is -1.07. The fraction of sp³-hybridized carbons (Fsp3) is 0.462. The van der Waals surface area contributed by atoms with Gasteiger partial charge in [0, 0.05) is 27.2 Å². The van der Waals surface area contributed by atoms with Gasteiger partial charge in [0.25, 0.3) is 5.91 Å². The lowest BCUT2D eigenvalue weighted by atomic mass is 9.64. The summed E-state index contributed by atoms with van der Waals surface area (Å²) in [5.74, 6) is -0.159. The topological polar surface area (TPSA) is 75.3 Å². The second-order valence-corrected chi connectivity index (χ2v) is 6.29. The third-order valence-corrected chi connectivity index (χ3v) is 4.16. The van der Waals surface area contributed by atoms with Crippen LogP contribution in [-0.2, 0) is 0 Å².